The minimum absolute atomic E-state index is 0.0657. The molecule has 4 aromatic rings. The summed E-state index contributed by atoms with van der Waals surface area (Å²) in [4.78, 5) is 30.2. The summed E-state index contributed by atoms with van der Waals surface area (Å²) in [7, 11) is -4.10. The van der Waals surface area contributed by atoms with E-state index in [9.17, 15) is 18.0 Å². The van der Waals surface area contributed by atoms with E-state index in [1.54, 1.807) is 53.4 Å². The maximum Gasteiger partial charge on any atom is 0.264 e. The summed E-state index contributed by atoms with van der Waals surface area (Å²) in [6, 6.07) is 33.4. The van der Waals surface area contributed by atoms with Crippen LogP contribution in [0.4, 0.5) is 5.69 Å². The molecule has 0 heterocycles. The van der Waals surface area contributed by atoms with Crippen LogP contribution in [0, 0.1) is 6.92 Å². The molecule has 1 aliphatic carbocycles. The normalized spacial score (nSPS) is 14.1. The molecule has 1 aliphatic rings. The van der Waals surface area contributed by atoms with Crippen LogP contribution in [-0.2, 0) is 32.6 Å². The molecule has 1 unspecified atom stereocenters. The Morgan fingerprint density at radius 2 is 1.39 bits per heavy atom. The van der Waals surface area contributed by atoms with E-state index in [4.69, 9.17) is 0 Å². The van der Waals surface area contributed by atoms with Crippen LogP contribution in [0.5, 0.6) is 0 Å². The van der Waals surface area contributed by atoms with Crippen molar-refractivity contribution in [3.63, 3.8) is 0 Å². The third-order valence-electron chi connectivity index (χ3n) is 8.06. The van der Waals surface area contributed by atoms with Crippen molar-refractivity contribution in [2.45, 2.75) is 62.6 Å². The fraction of sp³-hybridized carbons (Fsp3) is 0.278. The van der Waals surface area contributed by atoms with Gasteiger partial charge in [-0.25, -0.2) is 8.42 Å². The standard InChI is InChI=1S/C36H39N3O4S/c1-28-14-13-17-30(24-28)26-38(34(25-29-15-5-2-6-16-29)36(41)37-31-18-11-12-19-31)35(40)27-39(32-20-7-3-8-21-32)44(42,43)33-22-9-4-10-23-33/h2-10,13-17,20-24,31,34H,11-12,18-19,25-27H2,1H3,(H,37,41). The lowest BCUT2D eigenvalue weighted by molar-refractivity contribution is -0.140. The predicted molar refractivity (Wildman–Crippen MR) is 173 cm³/mol. The van der Waals surface area contributed by atoms with Gasteiger partial charge in [-0.2, -0.15) is 0 Å². The molecule has 7 nitrogen and oxygen atoms in total. The Morgan fingerprint density at radius 3 is 2.02 bits per heavy atom. The molecule has 1 fully saturated rings. The van der Waals surface area contributed by atoms with Gasteiger partial charge in [0.05, 0.1) is 10.6 Å². The van der Waals surface area contributed by atoms with Crippen LogP contribution in [0.2, 0.25) is 0 Å². The maximum absolute atomic E-state index is 14.5. The smallest absolute Gasteiger partial charge is 0.264 e. The molecule has 0 bridgehead atoms. The number of nitrogens with one attached hydrogen (secondary N) is 1. The summed E-state index contributed by atoms with van der Waals surface area (Å²) in [5, 5.41) is 3.21. The van der Waals surface area contributed by atoms with Crippen molar-refractivity contribution in [1.29, 1.82) is 0 Å². The monoisotopic (exact) mass is 609 g/mol. The van der Waals surface area contributed by atoms with Crippen LogP contribution in [0.15, 0.2) is 120 Å². The molecule has 228 valence electrons. The highest BCUT2D eigenvalue weighted by Gasteiger charge is 2.35. The van der Waals surface area contributed by atoms with Gasteiger partial charge in [0, 0.05) is 19.0 Å². The molecule has 1 N–H and O–H groups in total. The van der Waals surface area contributed by atoms with Gasteiger partial charge in [-0.1, -0.05) is 109 Å². The summed E-state index contributed by atoms with van der Waals surface area (Å²) in [6.07, 6.45) is 4.24. The average molecular weight is 610 g/mol. The first kappa shape index (κ1) is 31.0. The topological polar surface area (TPSA) is 86.8 Å². The van der Waals surface area contributed by atoms with Crippen molar-refractivity contribution in [2.24, 2.45) is 0 Å². The summed E-state index contributed by atoms with van der Waals surface area (Å²) in [5.41, 5.74) is 3.18. The molecule has 4 aromatic carbocycles. The first-order valence-corrected chi connectivity index (χ1v) is 16.6. The zero-order valence-corrected chi connectivity index (χ0v) is 25.8. The number of hydrogen-bond donors (Lipinski definition) is 1. The third kappa shape index (κ3) is 7.74. The molecule has 0 saturated heterocycles. The van der Waals surface area contributed by atoms with Crippen molar-refractivity contribution >= 4 is 27.5 Å². The summed E-state index contributed by atoms with van der Waals surface area (Å²) < 4.78 is 29.1. The number of carbonyl (C=O) groups excluding carboxylic acids is 2. The third-order valence-corrected chi connectivity index (χ3v) is 9.85. The second-order valence-corrected chi connectivity index (χ2v) is 13.2. The molecular formula is C36H39N3O4S. The lowest BCUT2D eigenvalue weighted by atomic mass is 10.0. The van der Waals surface area contributed by atoms with Gasteiger partial charge in [0.2, 0.25) is 11.8 Å². The van der Waals surface area contributed by atoms with Crippen molar-refractivity contribution in [3.05, 3.63) is 132 Å². The van der Waals surface area contributed by atoms with Crippen molar-refractivity contribution in [2.75, 3.05) is 10.8 Å². The van der Waals surface area contributed by atoms with Gasteiger partial charge in [0.25, 0.3) is 10.0 Å². The predicted octanol–water partition coefficient (Wildman–Crippen LogP) is 5.89. The second kappa shape index (κ2) is 14.4. The summed E-state index contributed by atoms with van der Waals surface area (Å²) >= 11 is 0. The van der Waals surface area contributed by atoms with Crippen molar-refractivity contribution in [1.82, 2.24) is 10.2 Å². The number of rotatable bonds is 12. The number of benzene rings is 4. The number of aryl methyl sites for hydroxylation is 1. The number of anilines is 1. The molecule has 44 heavy (non-hydrogen) atoms. The Labute approximate surface area is 260 Å². The Hall–Kier alpha value is -4.43. The fourth-order valence-electron chi connectivity index (χ4n) is 5.77. The Kier molecular flexibility index (Phi) is 10.1. The van der Waals surface area contributed by atoms with Gasteiger partial charge < -0.3 is 10.2 Å². The number of amides is 2. The number of para-hydroxylation sites is 1. The van der Waals surface area contributed by atoms with Gasteiger partial charge in [0.15, 0.2) is 0 Å². The van der Waals surface area contributed by atoms with Gasteiger partial charge in [-0.05, 0) is 55.2 Å². The Morgan fingerprint density at radius 1 is 0.795 bits per heavy atom. The summed E-state index contributed by atoms with van der Waals surface area (Å²) in [6.45, 7) is 1.67. The van der Waals surface area contributed by atoms with Gasteiger partial charge >= 0.3 is 0 Å². The van der Waals surface area contributed by atoms with Crippen LogP contribution in [0.3, 0.4) is 0 Å². The zero-order valence-electron chi connectivity index (χ0n) is 25.0. The highest BCUT2D eigenvalue weighted by atomic mass is 32.2. The lowest BCUT2D eigenvalue weighted by Crippen LogP contribution is -2.54. The first-order chi connectivity index (χ1) is 21.3. The van der Waals surface area contributed by atoms with E-state index in [1.165, 1.54) is 12.1 Å². The maximum atomic E-state index is 14.5. The Bertz CT molecular complexity index is 1640. The summed E-state index contributed by atoms with van der Waals surface area (Å²) in [5.74, 6) is -0.684. The highest BCUT2D eigenvalue weighted by molar-refractivity contribution is 7.92. The van der Waals surface area contributed by atoms with E-state index < -0.39 is 28.5 Å². The number of hydrogen-bond acceptors (Lipinski definition) is 4. The van der Waals surface area contributed by atoms with Crippen LogP contribution in [0.25, 0.3) is 0 Å². The second-order valence-electron chi connectivity index (χ2n) is 11.4. The molecule has 0 aromatic heterocycles. The molecule has 2 amide bonds. The fourth-order valence-corrected chi connectivity index (χ4v) is 7.21. The van der Waals surface area contributed by atoms with E-state index in [2.05, 4.69) is 5.32 Å². The van der Waals surface area contributed by atoms with E-state index in [0.29, 0.717) is 12.1 Å². The van der Waals surface area contributed by atoms with E-state index in [0.717, 1.165) is 46.7 Å². The van der Waals surface area contributed by atoms with Gasteiger partial charge in [0.1, 0.15) is 12.6 Å². The first-order valence-electron chi connectivity index (χ1n) is 15.1. The molecule has 1 saturated carbocycles. The number of sulfonamides is 1. The number of carbonyl (C=O) groups is 2. The quantitative estimate of drug-likeness (QED) is 0.217. The van der Waals surface area contributed by atoms with E-state index in [-0.39, 0.29) is 23.4 Å². The molecule has 8 heteroatoms. The highest BCUT2D eigenvalue weighted by Crippen LogP contribution is 2.25. The molecule has 5 rings (SSSR count). The van der Waals surface area contributed by atoms with Crippen molar-refractivity contribution in [3.8, 4) is 0 Å². The van der Waals surface area contributed by atoms with Crippen molar-refractivity contribution < 1.29 is 18.0 Å². The molecule has 1 atom stereocenters. The van der Waals surface area contributed by atoms with Crippen LogP contribution in [0.1, 0.15) is 42.4 Å². The molecule has 0 aliphatic heterocycles. The lowest BCUT2D eigenvalue weighted by Gasteiger charge is -2.34. The SMILES string of the molecule is Cc1cccc(CN(C(=O)CN(c2ccccc2)S(=O)(=O)c2ccccc2)C(Cc2ccccc2)C(=O)NC2CCCC2)c1. The van der Waals surface area contributed by atoms with Crippen LogP contribution < -0.4 is 9.62 Å². The molecule has 0 radical (unpaired) electrons. The van der Waals surface area contributed by atoms with Gasteiger partial charge in [-0.15, -0.1) is 0 Å². The van der Waals surface area contributed by atoms with Gasteiger partial charge in [-0.3, -0.25) is 13.9 Å². The van der Waals surface area contributed by atoms with Crippen LogP contribution in [-0.4, -0.2) is 43.8 Å². The average Bonchev–Trinajstić information content (AvgIpc) is 3.56. The van der Waals surface area contributed by atoms with Crippen LogP contribution >= 0.6 is 0 Å². The van der Waals surface area contributed by atoms with E-state index in [1.807, 2.05) is 61.5 Å². The zero-order chi connectivity index (χ0) is 30.9. The largest absolute Gasteiger partial charge is 0.352 e. The minimum atomic E-state index is -4.10. The van der Waals surface area contributed by atoms with E-state index >= 15 is 0 Å². The molecular weight excluding hydrogens is 570 g/mol. The number of nitrogens with zero attached hydrogens (tertiary/aromatic N) is 2. The minimum Gasteiger partial charge on any atom is -0.352 e. The molecule has 0 spiro atoms. The Balaban J connectivity index is 1.55.